The van der Waals surface area contributed by atoms with Crippen molar-refractivity contribution in [3.63, 3.8) is 0 Å². The van der Waals surface area contributed by atoms with Crippen molar-refractivity contribution in [2.75, 3.05) is 35.5 Å². The first-order chi connectivity index (χ1) is 6.51. The van der Waals surface area contributed by atoms with Crippen molar-refractivity contribution in [2.45, 2.75) is 18.8 Å². The maximum absolute atomic E-state index is 5.27. The predicted octanol–water partition coefficient (Wildman–Crippen LogP) is 0.873. The standard InChI is InChI=1S/C8H20O5Si/c1-8(9-2,10-3)7-14(11-4,12-5)13-6/h7H2,1-6H3. The molecule has 0 aliphatic heterocycles. The largest absolute Gasteiger partial charge is 0.505 e. The number of ether oxygens (including phenoxy) is 2. The third-order valence-electron chi connectivity index (χ3n) is 2.33. The highest BCUT2D eigenvalue weighted by Crippen LogP contribution is 2.25. The molecule has 0 heterocycles. The van der Waals surface area contributed by atoms with Crippen LogP contribution >= 0.6 is 0 Å². The van der Waals surface area contributed by atoms with Gasteiger partial charge >= 0.3 is 8.80 Å². The third kappa shape index (κ3) is 3.30. The van der Waals surface area contributed by atoms with Gasteiger partial charge in [-0.25, -0.2) is 0 Å². The molecular weight excluding hydrogens is 204 g/mol. The SMILES string of the molecule is COC(C)(C[Si](OC)(OC)OC)OC. The molecule has 0 atom stereocenters. The second-order valence-corrected chi connectivity index (χ2v) is 5.96. The molecule has 6 heteroatoms. The van der Waals surface area contributed by atoms with Crippen LogP contribution < -0.4 is 0 Å². The maximum Gasteiger partial charge on any atom is 0.505 e. The average Bonchev–Trinajstić information content (AvgIpc) is 2.26. The first kappa shape index (κ1) is 14.0. The van der Waals surface area contributed by atoms with Crippen LogP contribution in [0.3, 0.4) is 0 Å². The maximum atomic E-state index is 5.27. The lowest BCUT2D eigenvalue weighted by Gasteiger charge is -2.33. The Kier molecular flexibility index (Phi) is 5.80. The summed E-state index contributed by atoms with van der Waals surface area (Å²) in [5.74, 6) is -0.742. The highest BCUT2D eigenvalue weighted by molar-refractivity contribution is 6.60. The normalized spacial score (nSPS) is 13.3. The van der Waals surface area contributed by atoms with E-state index < -0.39 is 14.6 Å². The molecular formula is C8H20O5Si. The first-order valence-corrected chi connectivity index (χ1v) is 6.20. The van der Waals surface area contributed by atoms with Gasteiger partial charge in [-0.15, -0.1) is 0 Å². The van der Waals surface area contributed by atoms with Crippen LogP contribution in [0, 0.1) is 0 Å². The number of hydrogen-bond acceptors (Lipinski definition) is 5. The van der Waals surface area contributed by atoms with Crippen LogP contribution in [-0.4, -0.2) is 50.1 Å². The van der Waals surface area contributed by atoms with E-state index in [0.717, 1.165) is 0 Å². The lowest BCUT2D eigenvalue weighted by molar-refractivity contribution is -0.185. The zero-order valence-electron chi connectivity index (χ0n) is 9.75. The Morgan fingerprint density at radius 1 is 0.857 bits per heavy atom. The van der Waals surface area contributed by atoms with Gasteiger partial charge in [0.05, 0.1) is 6.04 Å². The highest BCUT2D eigenvalue weighted by Gasteiger charge is 2.46. The number of hydrogen-bond donors (Lipinski definition) is 0. The minimum Gasteiger partial charge on any atom is -0.377 e. The van der Waals surface area contributed by atoms with Gasteiger partial charge in [0.25, 0.3) is 0 Å². The summed E-state index contributed by atoms with van der Waals surface area (Å²) in [7, 11) is 5.18. The fourth-order valence-corrected chi connectivity index (χ4v) is 3.10. The molecule has 0 aliphatic carbocycles. The van der Waals surface area contributed by atoms with E-state index in [4.69, 9.17) is 22.8 Å². The molecule has 0 aliphatic rings. The minimum absolute atomic E-state index is 0.441. The quantitative estimate of drug-likeness (QED) is 0.474. The number of rotatable bonds is 7. The first-order valence-electron chi connectivity index (χ1n) is 4.27. The fraction of sp³-hybridized carbons (Fsp3) is 1.00. The minimum atomic E-state index is -2.64. The van der Waals surface area contributed by atoms with Gasteiger partial charge in [-0.3, -0.25) is 0 Å². The van der Waals surface area contributed by atoms with E-state index in [1.165, 1.54) is 0 Å². The van der Waals surface area contributed by atoms with E-state index in [-0.39, 0.29) is 0 Å². The van der Waals surface area contributed by atoms with Gasteiger partial charge in [-0.2, -0.15) is 0 Å². The molecule has 0 N–H and O–H groups in total. The van der Waals surface area contributed by atoms with Crippen molar-refractivity contribution in [2.24, 2.45) is 0 Å². The zero-order valence-corrected chi connectivity index (χ0v) is 10.7. The zero-order chi connectivity index (χ0) is 11.2. The lowest BCUT2D eigenvalue weighted by Crippen LogP contribution is -2.50. The average molecular weight is 224 g/mol. The monoisotopic (exact) mass is 224 g/mol. The van der Waals surface area contributed by atoms with Crippen LogP contribution in [0.4, 0.5) is 0 Å². The summed E-state index contributed by atoms with van der Waals surface area (Å²) >= 11 is 0. The molecule has 0 unspecified atom stereocenters. The summed E-state index contributed by atoms with van der Waals surface area (Å²) in [6.07, 6.45) is 0. The van der Waals surface area contributed by atoms with Crippen LogP contribution in [0.25, 0.3) is 0 Å². The molecule has 0 aromatic heterocycles. The van der Waals surface area contributed by atoms with Gasteiger partial charge in [-0.1, -0.05) is 0 Å². The van der Waals surface area contributed by atoms with Gasteiger partial charge in [0, 0.05) is 35.5 Å². The highest BCUT2D eigenvalue weighted by atomic mass is 28.4. The van der Waals surface area contributed by atoms with Crippen LogP contribution in [0.1, 0.15) is 6.92 Å². The van der Waals surface area contributed by atoms with Crippen LogP contribution in [0.15, 0.2) is 0 Å². The van der Waals surface area contributed by atoms with Crippen molar-refractivity contribution < 1.29 is 22.8 Å². The summed E-state index contributed by atoms with van der Waals surface area (Å²) in [4.78, 5) is 0. The van der Waals surface area contributed by atoms with E-state index in [9.17, 15) is 0 Å². The molecule has 0 aromatic rings. The van der Waals surface area contributed by atoms with E-state index in [0.29, 0.717) is 6.04 Å². The Hall–Kier alpha value is 0.0169. The lowest BCUT2D eigenvalue weighted by atomic mass is 10.4. The summed E-state index contributed by atoms with van der Waals surface area (Å²) in [6.45, 7) is 1.81. The molecule has 0 fully saturated rings. The van der Waals surface area contributed by atoms with Crippen LogP contribution in [0.2, 0.25) is 6.04 Å². The smallest absolute Gasteiger partial charge is 0.377 e. The van der Waals surface area contributed by atoms with E-state index >= 15 is 0 Å². The van der Waals surface area contributed by atoms with Gasteiger partial charge in [0.1, 0.15) is 0 Å². The van der Waals surface area contributed by atoms with Crippen LogP contribution in [0.5, 0.6) is 0 Å². The Labute approximate surface area is 86.6 Å². The molecule has 0 spiro atoms. The molecule has 0 aromatic carbocycles. The third-order valence-corrected chi connectivity index (χ3v) is 5.28. The summed E-state index contributed by atoms with van der Waals surface area (Å²) in [6, 6.07) is 0.441. The van der Waals surface area contributed by atoms with Crippen molar-refractivity contribution in [1.29, 1.82) is 0 Å². The Morgan fingerprint density at radius 3 is 1.43 bits per heavy atom. The van der Waals surface area contributed by atoms with Crippen LogP contribution in [-0.2, 0) is 22.8 Å². The van der Waals surface area contributed by atoms with Crippen molar-refractivity contribution in [3.8, 4) is 0 Å². The van der Waals surface area contributed by atoms with Crippen molar-refractivity contribution in [3.05, 3.63) is 0 Å². The molecule has 0 saturated heterocycles. The molecule has 0 rings (SSSR count). The Bertz CT molecular complexity index is 148. The second kappa shape index (κ2) is 5.79. The van der Waals surface area contributed by atoms with Gasteiger partial charge in [0.2, 0.25) is 0 Å². The van der Waals surface area contributed by atoms with E-state index in [1.54, 1.807) is 35.5 Å². The molecule has 0 radical (unpaired) electrons. The summed E-state index contributed by atoms with van der Waals surface area (Å²) in [5.41, 5.74) is 0. The fourth-order valence-electron chi connectivity index (χ4n) is 1.09. The Balaban J connectivity index is 4.56. The summed E-state index contributed by atoms with van der Waals surface area (Å²) in [5, 5.41) is 0. The van der Waals surface area contributed by atoms with E-state index in [1.807, 2.05) is 6.92 Å². The molecule has 14 heavy (non-hydrogen) atoms. The Morgan fingerprint density at radius 2 is 1.21 bits per heavy atom. The van der Waals surface area contributed by atoms with Gasteiger partial charge in [-0.05, 0) is 6.92 Å². The van der Waals surface area contributed by atoms with E-state index in [2.05, 4.69) is 0 Å². The topological polar surface area (TPSA) is 46.2 Å². The number of methoxy groups -OCH3 is 2. The van der Waals surface area contributed by atoms with Gasteiger partial charge in [0.15, 0.2) is 5.79 Å². The molecule has 0 bridgehead atoms. The van der Waals surface area contributed by atoms with Gasteiger partial charge < -0.3 is 22.8 Å². The molecule has 0 saturated carbocycles. The molecule has 86 valence electrons. The predicted molar refractivity (Wildman–Crippen MR) is 54.0 cm³/mol. The van der Waals surface area contributed by atoms with Crippen molar-refractivity contribution in [1.82, 2.24) is 0 Å². The summed E-state index contributed by atoms with van der Waals surface area (Å²) < 4.78 is 26.3. The molecule has 0 amide bonds. The second-order valence-electron chi connectivity index (χ2n) is 3.01. The molecule has 5 nitrogen and oxygen atoms in total. The van der Waals surface area contributed by atoms with Crippen molar-refractivity contribution >= 4 is 8.80 Å².